The van der Waals surface area contributed by atoms with Crippen LogP contribution in [0, 0.1) is 25.2 Å². The molecular formula is C20H21N3O2. The van der Waals surface area contributed by atoms with Gasteiger partial charge in [0.1, 0.15) is 11.6 Å². The van der Waals surface area contributed by atoms with Gasteiger partial charge in [-0.15, -0.1) is 0 Å². The summed E-state index contributed by atoms with van der Waals surface area (Å²) in [7, 11) is 0. The summed E-state index contributed by atoms with van der Waals surface area (Å²) in [4.78, 5) is 26.7. The molecule has 1 aliphatic carbocycles. The molecule has 2 unspecified atom stereocenters. The Morgan fingerprint density at radius 2 is 2.04 bits per heavy atom. The summed E-state index contributed by atoms with van der Waals surface area (Å²) in [6, 6.07) is 12.4. The second kappa shape index (κ2) is 6.94. The van der Waals surface area contributed by atoms with Crippen LogP contribution in [-0.4, -0.2) is 16.9 Å². The number of rotatable bonds is 5. The summed E-state index contributed by atoms with van der Waals surface area (Å²) in [5.41, 5.74) is 3.30. The number of pyridine rings is 1. The highest BCUT2D eigenvalue weighted by molar-refractivity contribution is 5.77. The van der Waals surface area contributed by atoms with E-state index in [1.807, 2.05) is 24.3 Å². The number of amides is 1. The number of nitrogens with zero attached hydrogens (tertiary/aromatic N) is 1. The van der Waals surface area contributed by atoms with Gasteiger partial charge in [-0.25, -0.2) is 0 Å². The summed E-state index contributed by atoms with van der Waals surface area (Å²) in [5.74, 6) is 0.416. The number of nitrogens with one attached hydrogen (secondary N) is 2. The Balaban J connectivity index is 1.59. The van der Waals surface area contributed by atoms with Crippen LogP contribution in [0.2, 0.25) is 0 Å². The van der Waals surface area contributed by atoms with Crippen molar-refractivity contribution in [2.24, 2.45) is 0 Å². The zero-order valence-electron chi connectivity index (χ0n) is 14.4. The van der Waals surface area contributed by atoms with Gasteiger partial charge in [-0.3, -0.25) is 9.59 Å². The van der Waals surface area contributed by atoms with Crippen LogP contribution in [0.5, 0.6) is 0 Å². The van der Waals surface area contributed by atoms with Crippen LogP contribution in [-0.2, 0) is 11.2 Å². The molecular weight excluding hydrogens is 314 g/mol. The second-order valence-electron chi connectivity index (χ2n) is 6.60. The van der Waals surface area contributed by atoms with Crippen molar-refractivity contribution in [3.63, 3.8) is 0 Å². The van der Waals surface area contributed by atoms with Crippen LogP contribution in [0.3, 0.4) is 0 Å². The molecule has 3 rings (SSSR count). The van der Waals surface area contributed by atoms with Crippen molar-refractivity contribution < 1.29 is 4.79 Å². The minimum Gasteiger partial charge on any atom is -0.353 e. The standard InChI is InChI=1S/C20H21N3O2/c1-12-15(13(2)22-20(25)17(12)11-21)8-9-19(24)23-18-10-16(18)14-6-4-3-5-7-14/h3-7,16,18H,8-10H2,1-2H3,(H,22,25)(H,23,24). The van der Waals surface area contributed by atoms with Gasteiger partial charge in [-0.1, -0.05) is 30.3 Å². The number of carbonyl (C=O) groups is 1. The summed E-state index contributed by atoms with van der Waals surface area (Å²) < 4.78 is 0. The number of carbonyl (C=O) groups excluding carboxylic acids is 1. The lowest BCUT2D eigenvalue weighted by molar-refractivity contribution is -0.121. The highest BCUT2D eigenvalue weighted by atomic mass is 16.1. The molecule has 1 heterocycles. The average molecular weight is 335 g/mol. The number of hydrogen-bond donors (Lipinski definition) is 2. The molecule has 1 fully saturated rings. The fraction of sp³-hybridized carbons (Fsp3) is 0.350. The number of nitriles is 1. The molecule has 1 aromatic carbocycles. The first-order valence-electron chi connectivity index (χ1n) is 8.48. The van der Waals surface area contributed by atoms with Crippen LogP contribution in [0.4, 0.5) is 0 Å². The molecule has 0 aliphatic heterocycles. The Bertz CT molecular complexity index is 894. The van der Waals surface area contributed by atoms with Crippen molar-refractivity contribution in [3.8, 4) is 6.07 Å². The van der Waals surface area contributed by atoms with E-state index in [-0.39, 0.29) is 23.1 Å². The zero-order chi connectivity index (χ0) is 18.0. The van der Waals surface area contributed by atoms with Crippen molar-refractivity contribution in [1.29, 1.82) is 5.26 Å². The molecule has 5 nitrogen and oxygen atoms in total. The molecule has 25 heavy (non-hydrogen) atoms. The minimum absolute atomic E-state index is 0.00642. The minimum atomic E-state index is -0.366. The molecule has 5 heteroatoms. The Kier molecular flexibility index (Phi) is 4.71. The molecule has 0 radical (unpaired) electrons. The summed E-state index contributed by atoms with van der Waals surface area (Å²) in [5, 5.41) is 12.2. The molecule has 0 bridgehead atoms. The predicted molar refractivity (Wildman–Crippen MR) is 95.3 cm³/mol. The maximum atomic E-state index is 12.2. The molecule has 2 atom stereocenters. The highest BCUT2D eigenvalue weighted by Gasteiger charge is 2.39. The van der Waals surface area contributed by atoms with Crippen LogP contribution >= 0.6 is 0 Å². The SMILES string of the molecule is Cc1[nH]c(=O)c(C#N)c(C)c1CCC(=O)NC1CC1c1ccccc1. The third-order valence-electron chi connectivity index (χ3n) is 4.89. The van der Waals surface area contributed by atoms with E-state index in [9.17, 15) is 9.59 Å². The van der Waals surface area contributed by atoms with Gasteiger partial charge in [-0.2, -0.15) is 5.26 Å². The lowest BCUT2D eigenvalue weighted by Gasteiger charge is -2.11. The second-order valence-corrected chi connectivity index (χ2v) is 6.60. The largest absolute Gasteiger partial charge is 0.353 e. The molecule has 2 aromatic rings. The highest BCUT2D eigenvalue weighted by Crippen LogP contribution is 2.40. The number of H-pyrrole nitrogens is 1. The lowest BCUT2D eigenvalue weighted by atomic mass is 9.99. The van der Waals surface area contributed by atoms with E-state index in [1.54, 1.807) is 13.8 Å². The van der Waals surface area contributed by atoms with Gasteiger partial charge in [0.25, 0.3) is 5.56 Å². The smallest absolute Gasteiger partial charge is 0.266 e. The number of aromatic nitrogens is 1. The summed E-state index contributed by atoms with van der Waals surface area (Å²) in [6.45, 7) is 3.56. The zero-order valence-corrected chi connectivity index (χ0v) is 14.4. The van der Waals surface area contributed by atoms with Crippen molar-refractivity contribution in [3.05, 3.63) is 68.6 Å². The number of hydrogen-bond acceptors (Lipinski definition) is 3. The van der Waals surface area contributed by atoms with E-state index in [0.29, 0.717) is 24.3 Å². The Hall–Kier alpha value is -2.87. The van der Waals surface area contributed by atoms with Gasteiger partial charge < -0.3 is 10.3 Å². The van der Waals surface area contributed by atoms with Gasteiger partial charge >= 0.3 is 0 Å². The van der Waals surface area contributed by atoms with Crippen LogP contribution < -0.4 is 10.9 Å². The summed E-state index contributed by atoms with van der Waals surface area (Å²) in [6.07, 6.45) is 1.83. The van der Waals surface area contributed by atoms with E-state index in [2.05, 4.69) is 22.4 Å². The molecule has 0 saturated heterocycles. The monoisotopic (exact) mass is 335 g/mol. The Morgan fingerprint density at radius 1 is 1.32 bits per heavy atom. The fourth-order valence-electron chi connectivity index (χ4n) is 3.36. The van der Waals surface area contributed by atoms with Crippen molar-refractivity contribution in [2.75, 3.05) is 0 Å². The van der Waals surface area contributed by atoms with Gasteiger partial charge in [-0.05, 0) is 43.4 Å². The molecule has 0 spiro atoms. The van der Waals surface area contributed by atoms with Gasteiger partial charge in [0.2, 0.25) is 5.91 Å². The van der Waals surface area contributed by atoms with Gasteiger partial charge in [0.05, 0.1) is 0 Å². The van der Waals surface area contributed by atoms with Crippen LogP contribution in [0.1, 0.15) is 46.7 Å². The van der Waals surface area contributed by atoms with Crippen molar-refractivity contribution >= 4 is 5.91 Å². The normalized spacial score (nSPS) is 18.4. The van der Waals surface area contributed by atoms with Crippen molar-refractivity contribution in [2.45, 2.75) is 45.1 Å². The molecule has 128 valence electrons. The van der Waals surface area contributed by atoms with Crippen LogP contribution in [0.15, 0.2) is 35.1 Å². The Morgan fingerprint density at radius 3 is 2.72 bits per heavy atom. The predicted octanol–water partition coefficient (Wildman–Crippen LogP) is 2.47. The van der Waals surface area contributed by atoms with Crippen molar-refractivity contribution in [1.82, 2.24) is 10.3 Å². The quantitative estimate of drug-likeness (QED) is 0.880. The van der Waals surface area contributed by atoms with E-state index in [0.717, 1.165) is 17.7 Å². The molecule has 1 aromatic heterocycles. The summed E-state index contributed by atoms with van der Waals surface area (Å²) >= 11 is 0. The average Bonchev–Trinajstić information content (AvgIpc) is 3.34. The third kappa shape index (κ3) is 3.63. The number of aromatic amines is 1. The van der Waals surface area contributed by atoms with E-state index < -0.39 is 0 Å². The maximum absolute atomic E-state index is 12.2. The molecule has 2 N–H and O–H groups in total. The van der Waals surface area contributed by atoms with Gasteiger partial charge in [0.15, 0.2) is 0 Å². The number of benzene rings is 1. The third-order valence-corrected chi connectivity index (χ3v) is 4.89. The maximum Gasteiger partial charge on any atom is 0.266 e. The first-order valence-corrected chi connectivity index (χ1v) is 8.48. The molecule has 1 amide bonds. The molecule has 1 saturated carbocycles. The molecule has 1 aliphatic rings. The van der Waals surface area contributed by atoms with Crippen LogP contribution in [0.25, 0.3) is 0 Å². The van der Waals surface area contributed by atoms with E-state index >= 15 is 0 Å². The number of aryl methyl sites for hydroxylation is 1. The van der Waals surface area contributed by atoms with Gasteiger partial charge in [0, 0.05) is 24.1 Å². The fourth-order valence-corrected chi connectivity index (χ4v) is 3.36. The Labute approximate surface area is 146 Å². The first kappa shape index (κ1) is 17.0. The lowest BCUT2D eigenvalue weighted by Crippen LogP contribution is -2.27. The topological polar surface area (TPSA) is 85.8 Å². The van der Waals surface area contributed by atoms with E-state index in [4.69, 9.17) is 5.26 Å². The first-order chi connectivity index (χ1) is 12.0. The van der Waals surface area contributed by atoms with E-state index in [1.165, 1.54) is 5.56 Å².